The molecule has 1 aromatic heterocycles. The van der Waals surface area contributed by atoms with E-state index in [4.69, 9.17) is 18.7 Å². The maximum absolute atomic E-state index is 12.3. The van der Waals surface area contributed by atoms with E-state index in [1.807, 2.05) is 0 Å². The lowest BCUT2D eigenvalue weighted by Crippen LogP contribution is -2.22. The van der Waals surface area contributed by atoms with Crippen molar-refractivity contribution in [3.63, 3.8) is 0 Å². The Morgan fingerprint density at radius 1 is 1.14 bits per heavy atom. The topological polar surface area (TPSA) is 95.7 Å². The van der Waals surface area contributed by atoms with Gasteiger partial charge in [0.2, 0.25) is 11.7 Å². The van der Waals surface area contributed by atoms with Crippen molar-refractivity contribution < 1.29 is 23.5 Å². The van der Waals surface area contributed by atoms with Gasteiger partial charge in [0.05, 0.1) is 20.8 Å². The monoisotopic (exact) mass is 395 g/mol. The zero-order chi connectivity index (χ0) is 20.6. The fraction of sp³-hybridized carbons (Fsp3) is 0.190. The second kappa shape index (κ2) is 9.41. The molecule has 1 amide bonds. The molecule has 0 saturated heterocycles. The highest BCUT2D eigenvalue weighted by Gasteiger charge is 2.13. The standard InChI is InChI=1S/C21H21N3O5/c1-4-11-28-16-8-5-14(6-9-16)21(25)22-13-19-23-20(24-29-19)15-7-10-17(26-2)18(12-15)27-3/h4-10,12H,1,11,13H2,2-3H3,(H,22,25). The summed E-state index contributed by atoms with van der Waals surface area (Å²) in [5.74, 6) is 2.25. The molecule has 0 fully saturated rings. The van der Waals surface area contributed by atoms with Gasteiger partial charge in [0.25, 0.3) is 5.91 Å². The van der Waals surface area contributed by atoms with Crippen LogP contribution >= 0.6 is 0 Å². The molecular formula is C21H21N3O5. The number of aromatic nitrogens is 2. The van der Waals surface area contributed by atoms with E-state index in [2.05, 4.69) is 22.0 Å². The molecule has 150 valence electrons. The molecule has 0 spiro atoms. The largest absolute Gasteiger partial charge is 0.493 e. The minimum absolute atomic E-state index is 0.105. The van der Waals surface area contributed by atoms with Gasteiger partial charge in [-0.05, 0) is 42.5 Å². The predicted octanol–water partition coefficient (Wildman–Crippen LogP) is 3.25. The SMILES string of the molecule is C=CCOc1ccc(C(=O)NCc2nc(-c3ccc(OC)c(OC)c3)no2)cc1. The molecule has 1 heterocycles. The second-order valence-electron chi connectivity index (χ2n) is 5.89. The third-order valence-corrected chi connectivity index (χ3v) is 3.99. The van der Waals surface area contributed by atoms with Gasteiger partial charge in [0.15, 0.2) is 11.5 Å². The van der Waals surface area contributed by atoms with E-state index >= 15 is 0 Å². The van der Waals surface area contributed by atoms with Crippen LogP contribution in [0.2, 0.25) is 0 Å². The summed E-state index contributed by atoms with van der Waals surface area (Å²) in [5, 5.41) is 6.70. The first-order valence-corrected chi connectivity index (χ1v) is 8.81. The van der Waals surface area contributed by atoms with Gasteiger partial charge >= 0.3 is 0 Å². The summed E-state index contributed by atoms with van der Waals surface area (Å²) in [6, 6.07) is 12.1. The molecule has 0 radical (unpaired) electrons. The van der Waals surface area contributed by atoms with E-state index in [9.17, 15) is 4.79 Å². The molecule has 0 aliphatic carbocycles. The average molecular weight is 395 g/mol. The molecule has 2 aromatic carbocycles. The number of benzene rings is 2. The van der Waals surface area contributed by atoms with Crippen molar-refractivity contribution in [3.8, 4) is 28.6 Å². The molecule has 8 heteroatoms. The molecule has 8 nitrogen and oxygen atoms in total. The number of ether oxygens (including phenoxy) is 3. The number of nitrogens with zero attached hydrogens (tertiary/aromatic N) is 2. The number of hydrogen-bond donors (Lipinski definition) is 1. The molecule has 0 saturated carbocycles. The highest BCUT2D eigenvalue weighted by Crippen LogP contribution is 2.31. The van der Waals surface area contributed by atoms with Crippen molar-refractivity contribution >= 4 is 5.91 Å². The minimum Gasteiger partial charge on any atom is -0.493 e. The molecule has 0 aliphatic rings. The van der Waals surface area contributed by atoms with Crippen molar-refractivity contribution in [1.82, 2.24) is 15.5 Å². The number of methoxy groups -OCH3 is 2. The van der Waals surface area contributed by atoms with Gasteiger partial charge in [-0.25, -0.2) is 0 Å². The maximum atomic E-state index is 12.3. The Morgan fingerprint density at radius 3 is 2.59 bits per heavy atom. The summed E-state index contributed by atoms with van der Waals surface area (Å²) < 4.78 is 21.1. The van der Waals surface area contributed by atoms with Crippen LogP contribution in [-0.4, -0.2) is 36.9 Å². The van der Waals surface area contributed by atoms with Gasteiger partial charge in [0, 0.05) is 11.1 Å². The fourth-order valence-corrected chi connectivity index (χ4v) is 2.53. The first kappa shape index (κ1) is 19.9. The lowest BCUT2D eigenvalue weighted by molar-refractivity contribution is 0.0946. The Bertz CT molecular complexity index is 982. The van der Waals surface area contributed by atoms with Crippen LogP contribution in [0.4, 0.5) is 0 Å². The van der Waals surface area contributed by atoms with Gasteiger partial charge in [-0.15, -0.1) is 0 Å². The van der Waals surface area contributed by atoms with Crippen LogP contribution in [0, 0.1) is 0 Å². The number of carbonyl (C=O) groups excluding carboxylic acids is 1. The summed E-state index contributed by atoms with van der Waals surface area (Å²) in [4.78, 5) is 16.6. The normalized spacial score (nSPS) is 10.3. The molecule has 3 aromatic rings. The van der Waals surface area contributed by atoms with Crippen LogP contribution in [-0.2, 0) is 6.54 Å². The van der Waals surface area contributed by atoms with E-state index in [-0.39, 0.29) is 18.3 Å². The molecule has 3 rings (SSSR count). The zero-order valence-corrected chi connectivity index (χ0v) is 16.2. The van der Waals surface area contributed by atoms with Crippen LogP contribution in [0.3, 0.4) is 0 Å². The molecule has 29 heavy (non-hydrogen) atoms. The molecule has 0 bridgehead atoms. The Labute approximate surface area is 168 Å². The van der Waals surface area contributed by atoms with Crippen LogP contribution in [0.5, 0.6) is 17.2 Å². The molecule has 0 unspecified atom stereocenters. The quantitative estimate of drug-likeness (QED) is 0.556. The smallest absolute Gasteiger partial charge is 0.251 e. The van der Waals surface area contributed by atoms with Crippen molar-refractivity contribution in [3.05, 3.63) is 66.6 Å². The van der Waals surface area contributed by atoms with Crippen LogP contribution < -0.4 is 19.5 Å². The summed E-state index contributed by atoms with van der Waals surface area (Å²) >= 11 is 0. The van der Waals surface area contributed by atoms with E-state index in [0.717, 1.165) is 0 Å². The summed E-state index contributed by atoms with van der Waals surface area (Å²) in [6.45, 7) is 4.10. The lowest BCUT2D eigenvalue weighted by atomic mass is 10.2. The van der Waals surface area contributed by atoms with E-state index in [0.29, 0.717) is 40.8 Å². The number of rotatable bonds is 9. The molecular weight excluding hydrogens is 374 g/mol. The number of carbonyl (C=O) groups is 1. The third kappa shape index (κ3) is 4.92. The number of amides is 1. The van der Waals surface area contributed by atoms with Crippen molar-refractivity contribution in [1.29, 1.82) is 0 Å². The van der Waals surface area contributed by atoms with Crippen molar-refractivity contribution in [2.24, 2.45) is 0 Å². The lowest BCUT2D eigenvalue weighted by Gasteiger charge is -2.07. The molecule has 0 atom stereocenters. The third-order valence-electron chi connectivity index (χ3n) is 3.99. The van der Waals surface area contributed by atoms with E-state index in [1.165, 1.54) is 0 Å². The Kier molecular flexibility index (Phi) is 6.47. The molecule has 1 N–H and O–H groups in total. The van der Waals surface area contributed by atoms with Crippen LogP contribution in [0.1, 0.15) is 16.2 Å². The highest BCUT2D eigenvalue weighted by atomic mass is 16.5. The fourth-order valence-electron chi connectivity index (χ4n) is 2.53. The molecule has 0 aliphatic heterocycles. The van der Waals surface area contributed by atoms with Gasteiger partial charge in [-0.1, -0.05) is 17.8 Å². The number of nitrogens with one attached hydrogen (secondary N) is 1. The first-order chi connectivity index (χ1) is 14.1. The number of hydrogen-bond acceptors (Lipinski definition) is 7. The Morgan fingerprint density at radius 2 is 1.90 bits per heavy atom. The predicted molar refractivity (Wildman–Crippen MR) is 106 cm³/mol. The van der Waals surface area contributed by atoms with E-state index in [1.54, 1.807) is 62.8 Å². The summed E-state index contributed by atoms with van der Waals surface area (Å²) in [5.41, 5.74) is 1.20. The van der Waals surface area contributed by atoms with E-state index < -0.39 is 0 Å². The zero-order valence-electron chi connectivity index (χ0n) is 16.2. The summed E-state index contributed by atoms with van der Waals surface area (Å²) in [6.07, 6.45) is 1.65. The van der Waals surface area contributed by atoms with Crippen molar-refractivity contribution in [2.75, 3.05) is 20.8 Å². The van der Waals surface area contributed by atoms with Crippen LogP contribution in [0.15, 0.2) is 59.6 Å². The summed E-state index contributed by atoms with van der Waals surface area (Å²) in [7, 11) is 3.12. The average Bonchev–Trinajstić information content (AvgIpc) is 3.25. The second-order valence-corrected chi connectivity index (χ2v) is 5.89. The van der Waals surface area contributed by atoms with Gasteiger partial charge < -0.3 is 24.1 Å². The minimum atomic E-state index is -0.258. The van der Waals surface area contributed by atoms with Crippen LogP contribution in [0.25, 0.3) is 11.4 Å². The maximum Gasteiger partial charge on any atom is 0.251 e. The Balaban J connectivity index is 1.61. The van der Waals surface area contributed by atoms with Gasteiger partial charge in [0.1, 0.15) is 12.4 Å². The highest BCUT2D eigenvalue weighted by molar-refractivity contribution is 5.94. The Hall–Kier alpha value is -3.81. The van der Waals surface area contributed by atoms with Gasteiger partial charge in [-0.3, -0.25) is 4.79 Å². The first-order valence-electron chi connectivity index (χ1n) is 8.81. The van der Waals surface area contributed by atoms with Crippen molar-refractivity contribution in [2.45, 2.75) is 6.54 Å². The van der Waals surface area contributed by atoms with Gasteiger partial charge in [-0.2, -0.15) is 4.98 Å².